The Bertz CT molecular complexity index is 862. The van der Waals surface area contributed by atoms with Crippen molar-refractivity contribution in [1.29, 1.82) is 0 Å². The number of nitrogens with zero attached hydrogens (tertiary/aromatic N) is 5. The van der Waals surface area contributed by atoms with Crippen molar-refractivity contribution in [3.63, 3.8) is 0 Å². The van der Waals surface area contributed by atoms with Gasteiger partial charge in [0.05, 0.1) is 19.0 Å². The summed E-state index contributed by atoms with van der Waals surface area (Å²) in [7, 11) is 1.64. The van der Waals surface area contributed by atoms with Crippen LogP contribution in [0.1, 0.15) is 25.1 Å². The van der Waals surface area contributed by atoms with Crippen molar-refractivity contribution in [3.05, 3.63) is 36.3 Å². The highest BCUT2D eigenvalue weighted by Gasteiger charge is 2.25. The van der Waals surface area contributed by atoms with E-state index in [1.807, 2.05) is 24.3 Å². The van der Waals surface area contributed by atoms with Crippen molar-refractivity contribution in [2.24, 2.45) is 11.8 Å². The lowest BCUT2D eigenvalue weighted by Gasteiger charge is -2.09. The molecule has 25 heavy (non-hydrogen) atoms. The predicted molar refractivity (Wildman–Crippen MR) is 92.6 cm³/mol. The first-order chi connectivity index (χ1) is 12.3. The topological polar surface area (TPSA) is 86.0 Å². The Balaban J connectivity index is 1.61. The predicted octanol–water partition coefficient (Wildman–Crippen LogP) is 2.17. The van der Waals surface area contributed by atoms with Crippen molar-refractivity contribution in [2.75, 3.05) is 13.7 Å². The lowest BCUT2D eigenvalue weighted by Crippen LogP contribution is -2.07. The van der Waals surface area contributed by atoms with Crippen molar-refractivity contribution in [2.45, 2.75) is 25.7 Å². The molecule has 2 aromatic heterocycles. The summed E-state index contributed by atoms with van der Waals surface area (Å²) < 4.78 is 6.92. The van der Waals surface area contributed by atoms with Crippen molar-refractivity contribution < 1.29 is 9.84 Å². The highest BCUT2D eigenvalue weighted by molar-refractivity contribution is 5.70. The third-order valence-electron chi connectivity index (χ3n) is 4.94. The smallest absolute Gasteiger partial charge is 0.187 e. The van der Waals surface area contributed by atoms with E-state index in [-0.39, 0.29) is 6.61 Å². The molecule has 0 saturated heterocycles. The lowest BCUT2D eigenvalue weighted by molar-refractivity contribution is 0.226. The molecule has 0 radical (unpaired) electrons. The first-order valence-electron chi connectivity index (χ1n) is 8.59. The average molecular weight is 339 g/mol. The van der Waals surface area contributed by atoms with Gasteiger partial charge in [-0.05, 0) is 55.4 Å². The molecule has 4 rings (SSSR count). The standard InChI is InChI=1S/C18H21N5O2/c1-25-15-6-4-14(5-7-15)23-18-16(21-22-23)10-19-17(20-18)9-12-2-3-13(8-12)11-24/h4-7,10,12-13,24H,2-3,8-9,11H2,1H3/t12-,13-/m1/s1. The highest BCUT2D eigenvalue weighted by atomic mass is 16.5. The molecule has 0 spiro atoms. The zero-order valence-corrected chi connectivity index (χ0v) is 14.2. The van der Waals surface area contributed by atoms with Crippen LogP contribution in [0.3, 0.4) is 0 Å². The molecule has 0 amide bonds. The average Bonchev–Trinajstić information content (AvgIpc) is 3.28. The molecule has 0 bridgehead atoms. The van der Waals surface area contributed by atoms with Crippen LogP contribution in [-0.2, 0) is 6.42 Å². The largest absolute Gasteiger partial charge is 0.497 e. The number of hydrogen-bond acceptors (Lipinski definition) is 6. The summed E-state index contributed by atoms with van der Waals surface area (Å²) in [5.74, 6) is 2.58. The number of methoxy groups -OCH3 is 1. The maximum absolute atomic E-state index is 9.30. The summed E-state index contributed by atoms with van der Waals surface area (Å²) in [5.41, 5.74) is 2.28. The maximum Gasteiger partial charge on any atom is 0.187 e. The fourth-order valence-electron chi connectivity index (χ4n) is 3.55. The summed E-state index contributed by atoms with van der Waals surface area (Å²) in [6.45, 7) is 0.282. The van der Waals surface area contributed by atoms with Crippen LogP contribution in [0.5, 0.6) is 5.75 Å². The van der Waals surface area contributed by atoms with Crippen molar-refractivity contribution in [3.8, 4) is 11.4 Å². The summed E-state index contributed by atoms with van der Waals surface area (Å²) in [5, 5.41) is 17.7. The number of fused-ring (bicyclic) bond motifs is 1. The van der Waals surface area contributed by atoms with Crippen molar-refractivity contribution in [1.82, 2.24) is 25.0 Å². The summed E-state index contributed by atoms with van der Waals surface area (Å²) in [4.78, 5) is 9.15. The minimum Gasteiger partial charge on any atom is -0.497 e. The van der Waals surface area contributed by atoms with Gasteiger partial charge in [-0.15, -0.1) is 5.10 Å². The first-order valence-corrected chi connectivity index (χ1v) is 8.59. The van der Waals surface area contributed by atoms with Crippen LogP contribution in [-0.4, -0.2) is 43.8 Å². The molecule has 7 heteroatoms. The van der Waals surface area contributed by atoms with E-state index in [1.165, 1.54) is 0 Å². The SMILES string of the molecule is COc1ccc(-n2nnc3cnc(C[C@@H]4CC[C@@H](CO)C4)nc32)cc1. The molecule has 1 aromatic carbocycles. The maximum atomic E-state index is 9.30. The Morgan fingerprint density at radius 1 is 1.20 bits per heavy atom. The summed E-state index contributed by atoms with van der Waals surface area (Å²) in [6, 6.07) is 7.63. The molecule has 0 aliphatic heterocycles. The van der Waals surface area contributed by atoms with Crippen molar-refractivity contribution >= 4 is 11.2 Å². The molecule has 130 valence electrons. The highest BCUT2D eigenvalue weighted by Crippen LogP contribution is 2.32. The molecule has 1 saturated carbocycles. The molecular weight excluding hydrogens is 318 g/mol. The molecule has 1 fully saturated rings. The monoisotopic (exact) mass is 339 g/mol. The molecule has 7 nitrogen and oxygen atoms in total. The molecular formula is C18H21N5O2. The minimum absolute atomic E-state index is 0.282. The van der Waals surface area contributed by atoms with E-state index < -0.39 is 0 Å². The summed E-state index contributed by atoms with van der Waals surface area (Å²) in [6.07, 6.45) is 5.84. The second-order valence-electron chi connectivity index (χ2n) is 6.63. The quantitative estimate of drug-likeness (QED) is 0.767. The van der Waals surface area contributed by atoms with Gasteiger partial charge in [0.15, 0.2) is 11.2 Å². The number of aliphatic hydroxyl groups is 1. The van der Waals surface area contributed by atoms with Crippen LogP contribution in [0.25, 0.3) is 16.9 Å². The van der Waals surface area contributed by atoms with Gasteiger partial charge in [0, 0.05) is 13.0 Å². The molecule has 1 N–H and O–H groups in total. The molecule has 3 aromatic rings. The fraction of sp³-hybridized carbons (Fsp3) is 0.444. The molecule has 0 unspecified atom stereocenters. The third kappa shape index (κ3) is 3.19. The van der Waals surface area contributed by atoms with E-state index >= 15 is 0 Å². The normalized spacial score (nSPS) is 20.2. The van der Waals surface area contributed by atoms with Gasteiger partial charge in [-0.2, -0.15) is 4.68 Å². The van der Waals surface area contributed by atoms with E-state index in [2.05, 4.69) is 15.3 Å². The van der Waals surface area contributed by atoms with Gasteiger partial charge in [-0.1, -0.05) is 5.21 Å². The third-order valence-corrected chi connectivity index (χ3v) is 4.94. The number of hydrogen-bond donors (Lipinski definition) is 1. The first kappa shape index (κ1) is 16.0. The Morgan fingerprint density at radius 3 is 2.72 bits per heavy atom. The van der Waals surface area contributed by atoms with Crippen LogP contribution in [0.15, 0.2) is 30.5 Å². The zero-order valence-electron chi connectivity index (χ0n) is 14.2. The van der Waals surface area contributed by atoms with E-state index in [9.17, 15) is 5.11 Å². The summed E-state index contributed by atoms with van der Waals surface area (Å²) >= 11 is 0. The van der Waals surface area contributed by atoms with Gasteiger partial charge < -0.3 is 9.84 Å². The molecule has 1 aliphatic rings. The fourth-order valence-corrected chi connectivity index (χ4v) is 3.55. The molecule has 2 atom stereocenters. The van der Waals surface area contributed by atoms with E-state index in [1.54, 1.807) is 18.0 Å². The van der Waals surface area contributed by atoms with Crippen LogP contribution in [0, 0.1) is 11.8 Å². The second kappa shape index (κ2) is 6.76. The van der Waals surface area contributed by atoms with Crippen LogP contribution >= 0.6 is 0 Å². The second-order valence-corrected chi connectivity index (χ2v) is 6.63. The van der Waals surface area contributed by atoms with E-state index in [0.717, 1.165) is 42.9 Å². The Morgan fingerprint density at radius 2 is 2.00 bits per heavy atom. The van der Waals surface area contributed by atoms with Gasteiger partial charge in [0.2, 0.25) is 0 Å². The number of ether oxygens (including phenoxy) is 1. The zero-order chi connectivity index (χ0) is 17.2. The number of benzene rings is 1. The number of aromatic nitrogens is 5. The Kier molecular flexibility index (Phi) is 4.31. The van der Waals surface area contributed by atoms with Gasteiger partial charge >= 0.3 is 0 Å². The van der Waals surface area contributed by atoms with Gasteiger partial charge in [-0.3, -0.25) is 0 Å². The molecule has 2 heterocycles. The van der Waals surface area contributed by atoms with Crippen LogP contribution < -0.4 is 4.74 Å². The van der Waals surface area contributed by atoms with Gasteiger partial charge in [-0.25, -0.2) is 9.97 Å². The number of aliphatic hydroxyl groups excluding tert-OH is 1. The lowest BCUT2D eigenvalue weighted by atomic mass is 10.0. The van der Waals surface area contributed by atoms with Crippen LogP contribution in [0.4, 0.5) is 0 Å². The van der Waals surface area contributed by atoms with Gasteiger partial charge in [0.1, 0.15) is 11.6 Å². The van der Waals surface area contributed by atoms with Crippen LogP contribution in [0.2, 0.25) is 0 Å². The number of rotatable bonds is 5. The molecule has 1 aliphatic carbocycles. The minimum atomic E-state index is 0.282. The van der Waals surface area contributed by atoms with E-state index in [4.69, 9.17) is 9.72 Å². The Hall–Kier alpha value is -2.54. The Labute approximate surface area is 145 Å². The van der Waals surface area contributed by atoms with Gasteiger partial charge in [0.25, 0.3) is 0 Å². The van der Waals surface area contributed by atoms with E-state index in [0.29, 0.717) is 23.0 Å².